The van der Waals surface area contributed by atoms with Crippen LogP contribution in [0.15, 0.2) is 47.3 Å². The Hall–Kier alpha value is -3.49. The number of benzene rings is 1. The highest BCUT2D eigenvalue weighted by atomic mass is 16.6. The number of hydrogen-bond acceptors (Lipinski definition) is 6. The fourth-order valence-corrected chi connectivity index (χ4v) is 2.21. The molecule has 0 bridgehead atoms. The second-order valence-corrected chi connectivity index (χ2v) is 5.42. The molecule has 0 radical (unpaired) electrons. The van der Waals surface area contributed by atoms with Crippen molar-refractivity contribution in [1.82, 2.24) is 16.2 Å². The van der Waals surface area contributed by atoms with E-state index in [1.54, 1.807) is 24.3 Å². The summed E-state index contributed by atoms with van der Waals surface area (Å²) >= 11 is 0. The number of carbonyl (C=O) groups is 3. The number of hydrogen-bond donors (Lipinski definition) is 3. The number of amides is 3. The SMILES string of the molecule is O=C(CCNC(=O)c1ccoc1)NNC(=O)C1COc2ccccc2O1. The summed E-state index contributed by atoms with van der Waals surface area (Å²) in [7, 11) is 0. The smallest absolute Gasteiger partial charge is 0.283 e. The van der Waals surface area contributed by atoms with Crippen LogP contribution in [-0.2, 0) is 9.59 Å². The first kappa shape index (κ1) is 17.3. The third-order valence-corrected chi connectivity index (χ3v) is 3.55. The zero-order valence-electron chi connectivity index (χ0n) is 13.7. The van der Waals surface area contributed by atoms with Crippen LogP contribution in [0.4, 0.5) is 0 Å². The molecule has 1 atom stereocenters. The molecule has 0 saturated heterocycles. The van der Waals surface area contributed by atoms with Crippen LogP contribution in [0.3, 0.4) is 0 Å². The molecule has 3 rings (SSSR count). The molecule has 3 N–H and O–H groups in total. The first-order chi connectivity index (χ1) is 12.6. The van der Waals surface area contributed by atoms with Gasteiger partial charge in [0.2, 0.25) is 12.0 Å². The third-order valence-electron chi connectivity index (χ3n) is 3.55. The van der Waals surface area contributed by atoms with E-state index in [1.165, 1.54) is 18.6 Å². The van der Waals surface area contributed by atoms with Crippen molar-refractivity contribution in [2.24, 2.45) is 0 Å². The Morgan fingerprint density at radius 1 is 1.08 bits per heavy atom. The number of hydrazine groups is 1. The van der Waals surface area contributed by atoms with Crippen molar-refractivity contribution in [1.29, 1.82) is 0 Å². The second-order valence-electron chi connectivity index (χ2n) is 5.42. The van der Waals surface area contributed by atoms with Crippen LogP contribution in [0.2, 0.25) is 0 Å². The van der Waals surface area contributed by atoms with Gasteiger partial charge in [0, 0.05) is 13.0 Å². The van der Waals surface area contributed by atoms with Crippen LogP contribution < -0.4 is 25.6 Å². The van der Waals surface area contributed by atoms with Gasteiger partial charge >= 0.3 is 0 Å². The van der Waals surface area contributed by atoms with E-state index in [9.17, 15) is 14.4 Å². The van der Waals surface area contributed by atoms with Gasteiger partial charge in [0.05, 0.1) is 11.8 Å². The molecule has 1 aromatic heterocycles. The van der Waals surface area contributed by atoms with Crippen LogP contribution in [0, 0.1) is 0 Å². The molecule has 9 nitrogen and oxygen atoms in total. The molecule has 0 saturated carbocycles. The Labute approximate surface area is 148 Å². The molecule has 0 spiro atoms. The summed E-state index contributed by atoms with van der Waals surface area (Å²) in [6.07, 6.45) is 1.81. The van der Waals surface area contributed by atoms with E-state index in [0.29, 0.717) is 17.1 Å². The topological polar surface area (TPSA) is 119 Å². The quantitative estimate of drug-likeness (QED) is 0.665. The van der Waals surface area contributed by atoms with Crippen molar-refractivity contribution in [2.45, 2.75) is 12.5 Å². The lowest BCUT2D eigenvalue weighted by Crippen LogP contribution is -2.51. The number of nitrogens with one attached hydrogen (secondary N) is 3. The van der Waals surface area contributed by atoms with Crippen LogP contribution >= 0.6 is 0 Å². The Bertz CT molecular complexity index is 790. The minimum absolute atomic E-state index is 0.00523. The van der Waals surface area contributed by atoms with Gasteiger partial charge in [-0.1, -0.05) is 12.1 Å². The molecule has 0 fully saturated rings. The lowest BCUT2D eigenvalue weighted by molar-refractivity contribution is -0.135. The highest BCUT2D eigenvalue weighted by Crippen LogP contribution is 2.30. The van der Waals surface area contributed by atoms with Gasteiger partial charge in [-0.3, -0.25) is 25.2 Å². The Morgan fingerprint density at radius 3 is 2.65 bits per heavy atom. The van der Waals surface area contributed by atoms with Crippen LogP contribution in [-0.4, -0.2) is 37.0 Å². The molecule has 2 aromatic rings. The number of ether oxygens (including phenoxy) is 2. The maximum atomic E-state index is 12.0. The van der Waals surface area contributed by atoms with Crippen molar-refractivity contribution in [2.75, 3.05) is 13.2 Å². The standard InChI is InChI=1S/C17H17N3O6/c21-15(5-7-18-16(22)11-6-8-24-9-11)19-20-17(23)14-10-25-12-3-1-2-4-13(12)26-14/h1-4,6,8-9,14H,5,7,10H2,(H,18,22)(H,19,21)(H,20,23). The highest BCUT2D eigenvalue weighted by Gasteiger charge is 2.27. The number of carbonyl (C=O) groups excluding carboxylic acids is 3. The van der Waals surface area contributed by atoms with Gasteiger partial charge in [-0.05, 0) is 18.2 Å². The largest absolute Gasteiger partial charge is 0.485 e. The van der Waals surface area contributed by atoms with Crippen LogP contribution in [0.5, 0.6) is 11.5 Å². The van der Waals surface area contributed by atoms with E-state index >= 15 is 0 Å². The molecule has 1 unspecified atom stereocenters. The molecule has 1 aromatic carbocycles. The lowest BCUT2D eigenvalue weighted by Gasteiger charge is -2.25. The van der Waals surface area contributed by atoms with E-state index in [0.717, 1.165) is 0 Å². The zero-order chi connectivity index (χ0) is 18.4. The zero-order valence-corrected chi connectivity index (χ0v) is 13.7. The first-order valence-corrected chi connectivity index (χ1v) is 7.91. The van der Waals surface area contributed by atoms with Crippen molar-refractivity contribution < 1.29 is 28.3 Å². The monoisotopic (exact) mass is 359 g/mol. The molecule has 3 amide bonds. The van der Waals surface area contributed by atoms with E-state index in [2.05, 4.69) is 16.2 Å². The summed E-state index contributed by atoms with van der Waals surface area (Å²) in [6, 6.07) is 8.51. The summed E-state index contributed by atoms with van der Waals surface area (Å²) < 4.78 is 15.8. The summed E-state index contributed by atoms with van der Waals surface area (Å²) in [5.74, 6) is -0.304. The van der Waals surface area contributed by atoms with Crippen LogP contribution in [0.1, 0.15) is 16.8 Å². The Kier molecular flexibility index (Phi) is 5.37. The van der Waals surface area contributed by atoms with Gasteiger partial charge in [0.1, 0.15) is 12.9 Å². The number of rotatable bonds is 5. The molecule has 1 aliphatic heterocycles. The minimum atomic E-state index is -0.869. The van der Waals surface area contributed by atoms with Crippen molar-refractivity contribution in [3.05, 3.63) is 48.4 Å². The number of fused-ring (bicyclic) bond motifs is 1. The predicted molar refractivity (Wildman–Crippen MR) is 88.3 cm³/mol. The first-order valence-electron chi connectivity index (χ1n) is 7.91. The summed E-state index contributed by atoms with van der Waals surface area (Å²) in [5, 5.41) is 2.56. The van der Waals surface area contributed by atoms with Crippen LogP contribution in [0.25, 0.3) is 0 Å². The third kappa shape index (κ3) is 4.32. The van der Waals surface area contributed by atoms with Gasteiger partial charge in [-0.15, -0.1) is 0 Å². The summed E-state index contributed by atoms with van der Waals surface area (Å²) in [6.45, 7) is 0.154. The molecule has 0 aliphatic carbocycles. The minimum Gasteiger partial charge on any atom is -0.485 e. The number of para-hydroxylation sites is 2. The number of furan rings is 1. The molecular weight excluding hydrogens is 342 g/mol. The van der Waals surface area contributed by atoms with Gasteiger partial charge in [0.25, 0.3) is 11.8 Å². The van der Waals surface area contributed by atoms with E-state index in [1.807, 2.05) is 0 Å². The van der Waals surface area contributed by atoms with E-state index in [-0.39, 0.29) is 25.5 Å². The van der Waals surface area contributed by atoms with Crippen molar-refractivity contribution in [3.63, 3.8) is 0 Å². The summed E-state index contributed by atoms with van der Waals surface area (Å²) in [5.41, 5.74) is 4.91. The molecule has 26 heavy (non-hydrogen) atoms. The highest BCUT2D eigenvalue weighted by molar-refractivity contribution is 5.94. The molecule has 136 valence electrons. The van der Waals surface area contributed by atoms with Gasteiger partial charge in [-0.25, -0.2) is 0 Å². The average Bonchev–Trinajstić information content (AvgIpc) is 3.20. The predicted octanol–water partition coefficient (Wildman–Crippen LogP) is 0.387. The van der Waals surface area contributed by atoms with E-state index < -0.39 is 17.9 Å². The average molecular weight is 359 g/mol. The summed E-state index contributed by atoms with van der Waals surface area (Å²) in [4.78, 5) is 35.4. The van der Waals surface area contributed by atoms with Crippen molar-refractivity contribution in [3.8, 4) is 11.5 Å². The van der Waals surface area contributed by atoms with Gasteiger partial charge in [0.15, 0.2) is 11.5 Å². The van der Waals surface area contributed by atoms with Crippen molar-refractivity contribution >= 4 is 17.7 Å². The lowest BCUT2D eigenvalue weighted by atomic mass is 10.2. The molecule has 1 aliphatic rings. The maximum absolute atomic E-state index is 12.0. The second kappa shape index (κ2) is 8.06. The normalized spacial score (nSPS) is 15.0. The van der Waals surface area contributed by atoms with Gasteiger partial charge in [-0.2, -0.15) is 0 Å². The molecule has 2 heterocycles. The van der Waals surface area contributed by atoms with Gasteiger partial charge < -0.3 is 19.2 Å². The fourth-order valence-electron chi connectivity index (χ4n) is 2.21. The molecule has 9 heteroatoms. The fraction of sp³-hybridized carbons (Fsp3) is 0.235. The van der Waals surface area contributed by atoms with E-state index in [4.69, 9.17) is 13.9 Å². The maximum Gasteiger partial charge on any atom is 0.283 e. The Balaban J connectivity index is 1.36. The Morgan fingerprint density at radius 2 is 1.88 bits per heavy atom. The molecular formula is C17H17N3O6.